The molecule has 4 heteroatoms. The average molecular weight is 315 g/mol. The Kier molecular flexibility index (Phi) is 5.14. The van der Waals surface area contributed by atoms with Gasteiger partial charge in [-0.1, -0.05) is 17.7 Å². The van der Waals surface area contributed by atoms with E-state index in [9.17, 15) is 9.59 Å². The van der Waals surface area contributed by atoms with E-state index in [0.29, 0.717) is 0 Å². The van der Waals surface area contributed by atoms with Gasteiger partial charge in [0.2, 0.25) is 5.91 Å². The second kappa shape index (κ2) is 6.88. The molecule has 0 unspecified atom stereocenters. The first-order chi connectivity index (χ1) is 10.4. The molecule has 0 radical (unpaired) electrons. The van der Waals surface area contributed by atoms with E-state index in [0.717, 1.165) is 32.1 Å². The van der Waals surface area contributed by atoms with E-state index in [1.807, 2.05) is 52.0 Å². The van der Waals surface area contributed by atoms with Gasteiger partial charge >= 0.3 is 0 Å². The van der Waals surface area contributed by atoms with Crippen molar-refractivity contribution in [3.05, 3.63) is 50.7 Å². The van der Waals surface area contributed by atoms with Crippen LogP contribution >= 0.6 is 11.3 Å². The maximum absolute atomic E-state index is 12.2. The summed E-state index contributed by atoms with van der Waals surface area (Å²) in [6, 6.07) is 7.80. The van der Waals surface area contributed by atoms with Crippen molar-refractivity contribution in [1.29, 1.82) is 0 Å². The third-order valence-electron chi connectivity index (χ3n) is 3.58. The summed E-state index contributed by atoms with van der Waals surface area (Å²) in [6.07, 6.45) is 0.453. The lowest BCUT2D eigenvalue weighted by molar-refractivity contribution is -0.116. The molecule has 0 aliphatic carbocycles. The Morgan fingerprint density at radius 2 is 1.77 bits per heavy atom. The monoisotopic (exact) mass is 315 g/mol. The van der Waals surface area contributed by atoms with E-state index in [-0.39, 0.29) is 24.5 Å². The minimum atomic E-state index is -0.120. The Morgan fingerprint density at radius 1 is 1.05 bits per heavy atom. The lowest BCUT2D eigenvalue weighted by Crippen LogP contribution is -2.14. The predicted molar refractivity (Wildman–Crippen MR) is 91.9 cm³/mol. The molecule has 2 rings (SSSR count). The van der Waals surface area contributed by atoms with E-state index >= 15 is 0 Å². The van der Waals surface area contributed by atoms with E-state index in [1.54, 1.807) is 11.3 Å². The molecule has 1 amide bonds. The van der Waals surface area contributed by atoms with Crippen molar-refractivity contribution in [2.45, 2.75) is 40.5 Å². The number of aryl methyl sites for hydroxylation is 4. The number of amides is 1. The minimum absolute atomic E-state index is 0.0395. The summed E-state index contributed by atoms with van der Waals surface area (Å²) in [4.78, 5) is 26.3. The standard InChI is InChI=1S/C18H21NO2S/c1-11-5-6-16(12(2)9-11)19-18(21)8-7-17(20)15-10-13(3)22-14(15)4/h5-6,9-10H,7-8H2,1-4H3,(H,19,21). The molecule has 1 N–H and O–H groups in total. The normalized spacial score (nSPS) is 10.5. The number of rotatable bonds is 5. The molecule has 0 saturated carbocycles. The highest BCUT2D eigenvalue weighted by Gasteiger charge is 2.14. The van der Waals surface area contributed by atoms with Crippen LogP contribution in [0.3, 0.4) is 0 Å². The van der Waals surface area contributed by atoms with Crippen molar-refractivity contribution < 1.29 is 9.59 Å². The van der Waals surface area contributed by atoms with Crippen molar-refractivity contribution >= 4 is 28.7 Å². The van der Waals surface area contributed by atoms with Gasteiger partial charge in [-0.25, -0.2) is 0 Å². The van der Waals surface area contributed by atoms with Gasteiger partial charge in [0.25, 0.3) is 0 Å². The van der Waals surface area contributed by atoms with Crippen LogP contribution < -0.4 is 5.32 Å². The molecule has 0 bridgehead atoms. The first kappa shape index (κ1) is 16.4. The Hall–Kier alpha value is -1.94. The fourth-order valence-corrected chi connectivity index (χ4v) is 3.38. The Balaban J connectivity index is 1.92. The number of hydrogen-bond acceptors (Lipinski definition) is 3. The summed E-state index contributed by atoms with van der Waals surface area (Å²) in [5.41, 5.74) is 3.75. The Morgan fingerprint density at radius 3 is 2.36 bits per heavy atom. The smallest absolute Gasteiger partial charge is 0.224 e. The van der Waals surface area contributed by atoms with Crippen LogP contribution in [0, 0.1) is 27.7 Å². The SMILES string of the molecule is Cc1ccc(NC(=O)CCC(=O)c2cc(C)sc2C)c(C)c1. The number of nitrogens with one attached hydrogen (secondary N) is 1. The number of benzene rings is 1. The summed E-state index contributed by atoms with van der Waals surface area (Å²) >= 11 is 1.62. The minimum Gasteiger partial charge on any atom is -0.326 e. The molecule has 2 aromatic rings. The molecule has 1 aromatic heterocycles. The number of anilines is 1. The van der Waals surface area contributed by atoms with Crippen molar-refractivity contribution in [3.63, 3.8) is 0 Å². The first-order valence-electron chi connectivity index (χ1n) is 7.34. The molecule has 3 nitrogen and oxygen atoms in total. The van der Waals surface area contributed by atoms with Gasteiger partial charge in [0.1, 0.15) is 0 Å². The van der Waals surface area contributed by atoms with Crippen LogP contribution in [-0.2, 0) is 4.79 Å². The van der Waals surface area contributed by atoms with Gasteiger partial charge in [0.05, 0.1) is 0 Å². The number of thiophene rings is 1. The highest BCUT2D eigenvalue weighted by molar-refractivity contribution is 7.12. The molecule has 116 valence electrons. The zero-order valence-electron chi connectivity index (χ0n) is 13.4. The molecule has 1 aromatic carbocycles. The highest BCUT2D eigenvalue weighted by Crippen LogP contribution is 2.22. The van der Waals surface area contributed by atoms with Gasteiger partial charge < -0.3 is 5.32 Å². The van der Waals surface area contributed by atoms with Crippen LogP contribution in [0.4, 0.5) is 5.69 Å². The van der Waals surface area contributed by atoms with Crippen molar-refractivity contribution in [3.8, 4) is 0 Å². The number of carbonyl (C=O) groups is 2. The molecule has 0 aliphatic rings. The van der Waals surface area contributed by atoms with E-state index < -0.39 is 0 Å². The van der Waals surface area contributed by atoms with Gasteiger partial charge in [0.15, 0.2) is 5.78 Å². The fraction of sp³-hybridized carbons (Fsp3) is 0.333. The highest BCUT2D eigenvalue weighted by atomic mass is 32.1. The van der Waals surface area contributed by atoms with Gasteiger partial charge in [-0.15, -0.1) is 11.3 Å². The summed E-state index contributed by atoms with van der Waals surface area (Å²) in [7, 11) is 0. The number of Topliss-reactive ketones (excluding diaryl/α,β-unsaturated/α-hetero) is 1. The molecule has 0 aliphatic heterocycles. The van der Waals surface area contributed by atoms with E-state index in [1.165, 1.54) is 0 Å². The zero-order valence-corrected chi connectivity index (χ0v) is 14.3. The maximum Gasteiger partial charge on any atom is 0.224 e. The predicted octanol–water partition coefficient (Wildman–Crippen LogP) is 4.58. The molecular weight excluding hydrogens is 294 g/mol. The molecule has 0 atom stereocenters. The van der Waals surface area contributed by atoms with Gasteiger partial charge in [-0.2, -0.15) is 0 Å². The second-order valence-corrected chi connectivity index (χ2v) is 7.08. The second-order valence-electron chi connectivity index (χ2n) is 5.62. The summed E-state index contributed by atoms with van der Waals surface area (Å²) in [5.74, 6) is -0.0810. The van der Waals surface area contributed by atoms with Crippen LogP contribution in [0.2, 0.25) is 0 Å². The lowest BCUT2D eigenvalue weighted by Gasteiger charge is -2.09. The number of carbonyl (C=O) groups excluding carboxylic acids is 2. The third-order valence-corrected chi connectivity index (χ3v) is 4.54. The van der Waals surface area contributed by atoms with Gasteiger partial charge in [-0.3, -0.25) is 9.59 Å². The largest absolute Gasteiger partial charge is 0.326 e. The van der Waals surface area contributed by atoms with Crippen LogP contribution in [0.1, 0.15) is 44.1 Å². The Bertz CT molecular complexity index is 716. The topological polar surface area (TPSA) is 46.2 Å². The van der Waals surface area contributed by atoms with E-state index in [2.05, 4.69) is 5.32 Å². The molecule has 1 heterocycles. The number of ketones is 1. The van der Waals surface area contributed by atoms with Crippen LogP contribution in [0.25, 0.3) is 0 Å². The molecule has 0 spiro atoms. The van der Waals surface area contributed by atoms with Crippen LogP contribution in [0.15, 0.2) is 24.3 Å². The molecular formula is C18H21NO2S. The fourth-order valence-electron chi connectivity index (χ4n) is 2.44. The lowest BCUT2D eigenvalue weighted by atomic mass is 10.1. The molecule has 0 fully saturated rings. The van der Waals surface area contributed by atoms with Crippen LogP contribution in [-0.4, -0.2) is 11.7 Å². The van der Waals surface area contributed by atoms with Crippen LogP contribution in [0.5, 0.6) is 0 Å². The molecule has 22 heavy (non-hydrogen) atoms. The van der Waals surface area contributed by atoms with Crippen molar-refractivity contribution in [2.75, 3.05) is 5.32 Å². The van der Waals surface area contributed by atoms with Gasteiger partial charge in [-0.05, 0) is 45.4 Å². The summed E-state index contributed by atoms with van der Waals surface area (Å²) in [6.45, 7) is 7.91. The maximum atomic E-state index is 12.2. The third kappa shape index (κ3) is 4.04. The van der Waals surface area contributed by atoms with Crippen molar-refractivity contribution in [1.82, 2.24) is 0 Å². The number of hydrogen-bond donors (Lipinski definition) is 1. The average Bonchev–Trinajstić information content (AvgIpc) is 2.78. The van der Waals surface area contributed by atoms with E-state index in [4.69, 9.17) is 0 Å². The quantitative estimate of drug-likeness (QED) is 0.821. The first-order valence-corrected chi connectivity index (χ1v) is 8.16. The molecule has 0 saturated heterocycles. The summed E-state index contributed by atoms with van der Waals surface area (Å²) < 4.78 is 0. The Labute approximate surface area is 135 Å². The zero-order chi connectivity index (χ0) is 16.3. The van der Waals surface area contributed by atoms with Gasteiger partial charge in [0, 0.05) is 33.8 Å². The summed E-state index contributed by atoms with van der Waals surface area (Å²) in [5, 5.41) is 2.88. The van der Waals surface area contributed by atoms with Crippen molar-refractivity contribution in [2.24, 2.45) is 0 Å².